The summed E-state index contributed by atoms with van der Waals surface area (Å²) < 4.78 is 1.52. The van der Waals surface area contributed by atoms with Crippen LogP contribution in [-0.2, 0) is 16.1 Å². The van der Waals surface area contributed by atoms with Crippen LogP contribution in [0.4, 0.5) is 5.69 Å². The molecule has 122 valence electrons. The molecular formula is C14H24N6O2. The van der Waals surface area contributed by atoms with E-state index >= 15 is 0 Å². The van der Waals surface area contributed by atoms with E-state index in [1.807, 2.05) is 0 Å². The Morgan fingerprint density at radius 1 is 1.23 bits per heavy atom. The quantitative estimate of drug-likeness (QED) is 0.768. The zero-order valence-corrected chi connectivity index (χ0v) is 13.4. The lowest BCUT2D eigenvalue weighted by Crippen LogP contribution is -2.47. The maximum absolute atomic E-state index is 12.0. The molecule has 1 fully saturated rings. The first-order valence-electron chi connectivity index (χ1n) is 7.37. The highest BCUT2D eigenvalue weighted by Gasteiger charge is 2.17. The Balaban J connectivity index is 1.79. The summed E-state index contributed by atoms with van der Waals surface area (Å²) in [5.74, 6) is -0.0959. The number of carbonyl (C=O) groups excluding carboxylic acids is 2. The van der Waals surface area contributed by atoms with Gasteiger partial charge in [-0.05, 0) is 7.05 Å². The Morgan fingerprint density at radius 2 is 1.91 bits per heavy atom. The third-order valence-electron chi connectivity index (χ3n) is 3.68. The molecule has 0 aromatic carbocycles. The monoisotopic (exact) mass is 308 g/mol. The molecule has 1 saturated heterocycles. The van der Waals surface area contributed by atoms with E-state index in [1.54, 1.807) is 26.5 Å². The van der Waals surface area contributed by atoms with Gasteiger partial charge in [-0.15, -0.1) is 0 Å². The molecule has 0 bridgehead atoms. The lowest BCUT2D eigenvalue weighted by molar-refractivity contribution is -0.129. The van der Waals surface area contributed by atoms with Crippen molar-refractivity contribution >= 4 is 17.5 Å². The van der Waals surface area contributed by atoms with Gasteiger partial charge in [0.1, 0.15) is 6.54 Å². The van der Waals surface area contributed by atoms with Gasteiger partial charge in [-0.3, -0.25) is 19.2 Å². The molecule has 2 heterocycles. The summed E-state index contributed by atoms with van der Waals surface area (Å²) >= 11 is 0. The second-order valence-electron chi connectivity index (χ2n) is 5.84. The summed E-state index contributed by atoms with van der Waals surface area (Å²) in [6, 6.07) is 0. The smallest absolute Gasteiger partial charge is 0.243 e. The largest absolute Gasteiger partial charge is 0.347 e. The maximum Gasteiger partial charge on any atom is 0.243 e. The molecule has 8 nitrogen and oxygen atoms in total. The van der Waals surface area contributed by atoms with E-state index in [-0.39, 0.29) is 18.4 Å². The van der Waals surface area contributed by atoms with Gasteiger partial charge in [-0.1, -0.05) is 0 Å². The molecule has 1 aliphatic rings. The number of hydrogen-bond donors (Lipinski definition) is 1. The number of rotatable bonds is 5. The zero-order chi connectivity index (χ0) is 16.1. The van der Waals surface area contributed by atoms with E-state index in [1.165, 1.54) is 9.58 Å². The number of piperazine rings is 1. The minimum absolute atomic E-state index is 0.0431. The van der Waals surface area contributed by atoms with Gasteiger partial charge in [0.05, 0.1) is 18.4 Å². The van der Waals surface area contributed by atoms with E-state index < -0.39 is 0 Å². The number of hydrogen-bond acceptors (Lipinski definition) is 5. The molecule has 1 aromatic rings. The highest BCUT2D eigenvalue weighted by molar-refractivity contribution is 5.92. The van der Waals surface area contributed by atoms with Gasteiger partial charge in [-0.25, -0.2) is 0 Å². The third-order valence-corrected chi connectivity index (χ3v) is 3.68. The minimum atomic E-state index is -0.0527. The van der Waals surface area contributed by atoms with Crippen LogP contribution in [0.2, 0.25) is 0 Å². The first-order chi connectivity index (χ1) is 10.4. The van der Waals surface area contributed by atoms with Gasteiger partial charge in [0.25, 0.3) is 0 Å². The second-order valence-corrected chi connectivity index (χ2v) is 5.84. The van der Waals surface area contributed by atoms with Crippen LogP contribution in [0.5, 0.6) is 0 Å². The normalized spacial score (nSPS) is 16.5. The van der Waals surface area contributed by atoms with Gasteiger partial charge in [0.15, 0.2) is 0 Å². The van der Waals surface area contributed by atoms with Crippen LogP contribution in [0.1, 0.15) is 0 Å². The molecule has 0 spiro atoms. The summed E-state index contributed by atoms with van der Waals surface area (Å²) in [5, 5.41) is 6.90. The van der Waals surface area contributed by atoms with Crippen LogP contribution < -0.4 is 5.32 Å². The maximum atomic E-state index is 12.0. The Kier molecular flexibility index (Phi) is 5.51. The number of aromatic nitrogens is 2. The highest BCUT2D eigenvalue weighted by atomic mass is 16.2. The molecule has 0 radical (unpaired) electrons. The van der Waals surface area contributed by atoms with E-state index in [2.05, 4.69) is 27.3 Å². The summed E-state index contributed by atoms with van der Waals surface area (Å²) in [4.78, 5) is 29.5. The van der Waals surface area contributed by atoms with Gasteiger partial charge in [0.2, 0.25) is 11.8 Å². The van der Waals surface area contributed by atoms with Gasteiger partial charge < -0.3 is 15.1 Å². The summed E-state index contributed by atoms with van der Waals surface area (Å²) in [6.45, 7) is 4.33. The van der Waals surface area contributed by atoms with Gasteiger partial charge in [-0.2, -0.15) is 5.10 Å². The topological polar surface area (TPSA) is 73.7 Å². The molecule has 0 unspecified atom stereocenters. The van der Waals surface area contributed by atoms with Crippen molar-refractivity contribution in [2.24, 2.45) is 0 Å². The van der Waals surface area contributed by atoms with Crippen LogP contribution in [0.15, 0.2) is 12.4 Å². The molecule has 8 heteroatoms. The predicted octanol–water partition coefficient (Wildman–Crippen LogP) is -0.843. The number of carbonyl (C=O) groups is 2. The van der Waals surface area contributed by atoms with Crippen molar-refractivity contribution in [1.82, 2.24) is 24.5 Å². The summed E-state index contributed by atoms with van der Waals surface area (Å²) in [5.41, 5.74) is 0.616. The Bertz CT molecular complexity index is 519. The van der Waals surface area contributed by atoms with E-state index in [0.717, 1.165) is 26.2 Å². The standard InChI is InChI=1S/C14H24N6O2/c1-17(2)14(22)11-20-9-12(8-15-20)16-13(21)10-19-6-4-18(3)5-7-19/h8-9H,4-7,10-11H2,1-3H3,(H,16,21). The van der Waals surface area contributed by atoms with Crippen molar-refractivity contribution in [3.8, 4) is 0 Å². The van der Waals surface area contributed by atoms with Crippen LogP contribution >= 0.6 is 0 Å². The van der Waals surface area contributed by atoms with Crippen LogP contribution in [0, 0.1) is 0 Å². The van der Waals surface area contributed by atoms with Crippen LogP contribution in [0.25, 0.3) is 0 Å². The van der Waals surface area contributed by atoms with Crippen molar-refractivity contribution in [3.05, 3.63) is 12.4 Å². The average Bonchev–Trinajstić information content (AvgIpc) is 2.88. The SMILES string of the molecule is CN1CCN(CC(=O)Nc2cnn(CC(=O)N(C)C)c2)CC1. The molecule has 1 aromatic heterocycles. The number of nitrogens with zero attached hydrogens (tertiary/aromatic N) is 5. The molecule has 22 heavy (non-hydrogen) atoms. The molecule has 2 amide bonds. The second kappa shape index (κ2) is 7.37. The first-order valence-corrected chi connectivity index (χ1v) is 7.37. The van der Waals surface area contributed by atoms with Gasteiger partial charge in [0, 0.05) is 46.5 Å². The van der Waals surface area contributed by atoms with Crippen molar-refractivity contribution < 1.29 is 9.59 Å². The Morgan fingerprint density at radius 3 is 2.55 bits per heavy atom. The molecule has 2 rings (SSSR count). The fourth-order valence-corrected chi connectivity index (χ4v) is 2.20. The van der Waals surface area contributed by atoms with Crippen molar-refractivity contribution in [3.63, 3.8) is 0 Å². The fourth-order valence-electron chi connectivity index (χ4n) is 2.20. The molecule has 0 aliphatic carbocycles. The molecule has 0 atom stereocenters. The molecule has 1 N–H and O–H groups in total. The van der Waals surface area contributed by atoms with E-state index in [4.69, 9.17) is 0 Å². The van der Waals surface area contributed by atoms with E-state index in [0.29, 0.717) is 12.2 Å². The average molecular weight is 308 g/mol. The van der Waals surface area contributed by atoms with E-state index in [9.17, 15) is 9.59 Å². The lowest BCUT2D eigenvalue weighted by Gasteiger charge is -2.31. The molecular weight excluding hydrogens is 284 g/mol. The number of likely N-dealkylation sites (N-methyl/N-ethyl adjacent to an activating group) is 2. The number of amides is 2. The van der Waals surface area contributed by atoms with Crippen LogP contribution in [0.3, 0.4) is 0 Å². The van der Waals surface area contributed by atoms with Crippen LogP contribution in [-0.4, -0.2) is 90.2 Å². The van der Waals surface area contributed by atoms with Gasteiger partial charge >= 0.3 is 0 Å². The molecule has 1 aliphatic heterocycles. The van der Waals surface area contributed by atoms with Crippen molar-refractivity contribution in [1.29, 1.82) is 0 Å². The first kappa shape index (κ1) is 16.4. The van der Waals surface area contributed by atoms with Crippen molar-refractivity contribution in [2.75, 3.05) is 59.2 Å². The fraction of sp³-hybridized carbons (Fsp3) is 0.643. The minimum Gasteiger partial charge on any atom is -0.347 e. The predicted molar refractivity (Wildman–Crippen MR) is 83.5 cm³/mol. The Hall–Kier alpha value is -1.93. The summed E-state index contributed by atoms with van der Waals surface area (Å²) in [7, 11) is 5.48. The van der Waals surface area contributed by atoms with Crippen molar-refractivity contribution in [2.45, 2.75) is 6.54 Å². The highest BCUT2D eigenvalue weighted by Crippen LogP contribution is 2.06. The number of anilines is 1. The zero-order valence-electron chi connectivity index (χ0n) is 13.4. The summed E-state index contributed by atoms with van der Waals surface area (Å²) in [6.07, 6.45) is 3.23. The molecule has 0 saturated carbocycles. The number of nitrogens with one attached hydrogen (secondary N) is 1. The Labute approximate surface area is 130 Å². The lowest BCUT2D eigenvalue weighted by atomic mass is 10.3. The third kappa shape index (κ3) is 4.81.